The maximum atomic E-state index is 12.2. The van der Waals surface area contributed by atoms with Gasteiger partial charge >= 0.3 is 5.97 Å². The number of aliphatic hydroxyl groups excluding tert-OH is 5. The van der Waals surface area contributed by atoms with Crippen LogP contribution in [-0.4, -0.2) is 98.3 Å². The molecule has 0 unspecified atom stereocenters. The molecule has 2 saturated heterocycles. The third kappa shape index (κ3) is 3.53. The van der Waals surface area contributed by atoms with E-state index in [1.807, 2.05) is 6.92 Å². The molecule has 4 aliphatic rings. The lowest BCUT2D eigenvalue weighted by Gasteiger charge is -2.58. The Hall–Kier alpha value is -1.11. The molecule has 31 heavy (non-hydrogen) atoms. The SMILES string of the molecule is C=C1C(=O)O[C@H]2[C@H]1CC[C@@]1(C)[C@H](O)CC[C@@](O)(CO[C@@H]3O[C@H](CO)[C@@H](O)[C@H](O)[C@H]3O)[C@H]21. The normalized spacial score (nSPS) is 52.4. The highest BCUT2D eigenvalue weighted by Crippen LogP contribution is 2.59. The summed E-state index contributed by atoms with van der Waals surface area (Å²) in [6.07, 6.45) is -6.91. The molecule has 2 aliphatic carbocycles. The minimum Gasteiger partial charge on any atom is -0.458 e. The molecule has 176 valence electrons. The number of carbonyl (C=O) groups is 1. The van der Waals surface area contributed by atoms with Crippen molar-refractivity contribution in [3.05, 3.63) is 12.2 Å². The van der Waals surface area contributed by atoms with Crippen LogP contribution < -0.4 is 0 Å². The standard InChI is InChI=1S/C21H32O10/c1-9-10-3-5-20(2)12(23)4-6-21(28,17(20)16(10)31-18(9)27)8-29-19-15(26)14(25)13(24)11(7-22)30-19/h10-17,19,22-26,28H,1,3-8H2,2H3/t10-,11+,12+,13+,14-,15+,16-,17+,19+,20-,21+/m0/s1. The summed E-state index contributed by atoms with van der Waals surface area (Å²) in [5, 5.41) is 61.9. The van der Waals surface area contributed by atoms with E-state index in [2.05, 4.69) is 6.58 Å². The van der Waals surface area contributed by atoms with Crippen molar-refractivity contribution in [2.75, 3.05) is 13.2 Å². The number of ether oxygens (including phenoxy) is 3. The molecule has 0 bridgehead atoms. The van der Waals surface area contributed by atoms with Crippen LogP contribution in [0.1, 0.15) is 32.6 Å². The number of hydrogen-bond acceptors (Lipinski definition) is 10. The maximum Gasteiger partial charge on any atom is 0.334 e. The van der Waals surface area contributed by atoms with Crippen LogP contribution in [0.4, 0.5) is 0 Å². The molecule has 10 nitrogen and oxygen atoms in total. The van der Waals surface area contributed by atoms with Crippen LogP contribution in [0.15, 0.2) is 12.2 Å². The summed E-state index contributed by atoms with van der Waals surface area (Å²) in [7, 11) is 0. The number of esters is 1. The first kappa shape index (κ1) is 23.1. The molecule has 11 atom stereocenters. The van der Waals surface area contributed by atoms with Gasteiger partial charge in [-0.1, -0.05) is 13.5 Å². The molecule has 0 amide bonds. The molecule has 0 aromatic carbocycles. The maximum absolute atomic E-state index is 12.2. The van der Waals surface area contributed by atoms with Crippen molar-refractivity contribution in [3.63, 3.8) is 0 Å². The van der Waals surface area contributed by atoms with Crippen molar-refractivity contribution < 1.29 is 49.6 Å². The van der Waals surface area contributed by atoms with E-state index in [-0.39, 0.29) is 18.9 Å². The summed E-state index contributed by atoms with van der Waals surface area (Å²) in [5.41, 5.74) is -1.87. The third-order valence-electron chi connectivity index (χ3n) is 7.92. The van der Waals surface area contributed by atoms with E-state index in [0.29, 0.717) is 24.8 Å². The van der Waals surface area contributed by atoms with Gasteiger partial charge in [0.1, 0.15) is 30.5 Å². The highest BCUT2D eigenvalue weighted by molar-refractivity contribution is 5.91. The zero-order valence-corrected chi connectivity index (χ0v) is 17.5. The van der Waals surface area contributed by atoms with E-state index in [1.165, 1.54) is 0 Å². The topological polar surface area (TPSA) is 166 Å². The largest absolute Gasteiger partial charge is 0.458 e. The molecule has 0 aromatic heterocycles. The van der Waals surface area contributed by atoms with Gasteiger partial charge < -0.3 is 44.8 Å². The summed E-state index contributed by atoms with van der Waals surface area (Å²) in [5.74, 6) is -1.40. The Morgan fingerprint density at radius 1 is 1.13 bits per heavy atom. The quantitative estimate of drug-likeness (QED) is 0.215. The Morgan fingerprint density at radius 3 is 2.52 bits per heavy atom. The summed E-state index contributed by atoms with van der Waals surface area (Å²) in [6.45, 7) is 4.78. The van der Waals surface area contributed by atoms with Gasteiger partial charge in [0.05, 0.1) is 24.9 Å². The van der Waals surface area contributed by atoms with E-state index in [0.717, 1.165) is 0 Å². The van der Waals surface area contributed by atoms with E-state index in [1.54, 1.807) is 0 Å². The van der Waals surface area contributed by atoms with Gasteiger partial charge in [-0.15, -0.1) is 0 Å². The van der Waals surface area contributed by atoms with E-state index in [4.69, 9.17) is 14.2 Å². The zero-order valence-electron chi connectivity index (χ0n) is 17.5. The first-order valence-electron chi connectivity index (χ1n) is 10.8. The van der Waals surface area contributed by atoms with Gasteiger partial charge in [-0.05, 0) is 25.7 Å². The lowest BCUT2D eigenvalue weighted by molar-refractivity contribution is -0.319. The molecular formula is C21H32O10. The Balaban J connectivity index is 1.57. The molecule has 4 fully saturated rings. The molecule has 10 heteroatoms. The van der Waals surface area contributed by atoms with Crippen molar-refractivity contribution in [1.82, 2.24) is 0 Å². The molecular weight excluding hydrogens is 412 g/mol. The van der Waals surface area contributed by atoms with Gasteiger partial charge in [0.15, 0.2) is 6.29 Å². The van der Waals surface area contributed by atoms with E-state index < -0.39 is 72.4 Å². The molecule has 0 spiro atoms. The average molecular weight is 444 g/mol. The Morgan fingerprint density at radius 2 is 1.84 bits per heavy atom. The van der Waals surface area contributed by atoms with Gasteiger partial charge in [0, 0.05) is 22.8 Å². The minimum absolute atomic E-state index is 0.166. The van der Waals surface area contributed by atoms with Crippen LogP contribution in [0, 0.1) is 17.3 Å². The van der Waals surface area contributed by atoms with Crippen LogP contribution in [0.2, 0.25) is 0 Å². The number of aliphatic hydroxyl groups is 6. The molecule has 6 N–H and O–H groups in total. The predicted molar refractivity (Wildman–Crippen MR) is 103 cm³/mol. The number of rotatable bonds is 4. The smallest absolute Gasteiger partial charge is 0.334 e. The first-order valence-corrected chi connectivity index (χ1v) is 10.8. The fourth-order valence-electron chi connectivity index (χ4n) is 6.03. The lowest BCUT2D eigenvalue weighted by Crippen LogP contribution is -2.66. The van der Waals surface area contributed by atoms with Gasteiger partial charge in [0.25, 0.3) is 0 Å². The number of carbonyl (C=O) groups excluding carboxylic acids is 1. The van der Waals surface area contributed by atoms with Crippen LogP contribution >= 0.6 is 0 Å². The summed E-state index contributed by atoms with van der Waals surface area (Å²) < 4.78 is 16.6. The average Bonchev–Trinajstić information content (AvgIpc) is 3.02. The van der Waals surface area contributed by atoms with Gasteiger partial charge in [-0.3, -0.25) is 0 Å². The first-order chi connectivity index (χ1) is 14.5. The summed E-state index contributed by atoms with van der Waals surface area (Å²) >= 11 is 0. The van der Waals surface area contributed by atoms with Crippen molar-refractivity contribution in [3.8, 4) is 0 Å². The highest BCUT2D eigenvalue weighted by atomic mass is 16.7. The second kappa shape index (κ2) is 8.03. The molecule has 0 aromatic rings. The highest BCUT2D eigenvalue weighted by Gasteiger charge is 2.64. The molecule has 4 rings (SSSR count). The number of fused-ring (bicyclic) bond motifs is 3. The third-order valence-corrected chi connectivity index (χ3v) is 7.92. The fraction of sp³-hybridized carbons (Fsp3) is 0.857. The molecule has 2 heterocycles. The van der Waals surface area contributed by atoms with Gasteiger partial charge in [0.2, 0.25) is 0 Å². The van der Waals surface area contributed by atoms with Gasteiger partial charge in [-0.25, -0.2) is 4.79 Å². The van der Waals surface area contributed by atoms with E-state index in [9.17, 15) is 35.4 Å². The molecule has 2 aliphatic heterocycles. The van der Waals surface area contributed by atoms with Crippen molar-refractivity contribution in [2.45, 2.75) is 81.1 Å². The lowest BCUT2D eigenvalue weighted by atomic mass is 9.51. The summed E-state index contributed by atoms with van der Waals surface area (Å²) in [6, 6.07) is 0. The second-order valence-electron chi connectivity index (χ2n) is 9.69. The Bertz CT molecular complexity index is 727. The zero-order chi connectivity index (χ0) is 22.7. The Kier molecular flexibility index (Phi) is 5.98. The monoisotopic (exact) mass is 444 g/mol. The van der Waals surface area contributed by atoms with Crippen molar-refractivity contribution in [2.24, 2.45) is 17.3 Å². The van der Waals surface area contributed by atoms with Gasteiger partial charge in [-0.2, -0.15) is 0 Å². The van der Waals surface area contributed by atoms with Crippen LogP contribution in [0.25, 0.3) is 0 Å². The van der Waals surface area contributed by atoms with E-state index >= 15 is 0 Å². The van der Waals surface area contributed by atoms with Crippen molar-refractivity contribution >= 4 is 5.97 Å². The molecule has 0 radical (unpaired) electrons. The summed E-state index contributed by atoms with van der Waals surface area (Å²) in [4.78, 5) is 12.2. The van der Waals surface area contributed by atoms with Crippen LogP contribution in [0.3, 0.4) is 0 Å². The Labute approximate surface area is 180 Å². The van der Waals surface area contributed by atoms with Crippen molar-refractivity contribution in [1.29, 1.82) is 0 Å². The molecule has 2 saturated carbocycles. The van der Waals surface area contributed by atoms with Crippen LogP contribution in [-0.2, 0) is 19.0 Å². The number of hydrogen-bond donors (Lipinski definition) is 6. The predicted octanol–water partition coefficient (Wildman–Crippen LogP) is -1.80. The van der Waals surface area contributed by atoms with Crippen LogP contribution in [0.5, 0.6) is 0 Å². The minimum atomic E-state index is -1.60. The second-order valence-corrected chi connectivity index (χ2v) is 9.69. The fourth-order valence-corrected chi connectivity index (χ4v) is 6.03.